The first-order valence-electron chi connectivity index (χ1n) is 7.24. The predicted molar refractivity (Wildman–Crippen MR) is 87.9 cm³/mol. The summed E-state index contributed by atoms with van der Waals surface area (Å²) < 4.78 is 1.93. The highest BCUT2D eigenvalue weighted by molar-refractivity contribution is 6.02. The van der Waals surface area contributed by atoms with Crippen molar-refractivity contribution < 1.29 is 9.59 Å². The average Bonchev–Trinajstić information content (AvgIpc) is 2.96. The molecule has 0 fully saturated rings. The monoisotopic (exact) mass is 308 g/mol. The van der Waals surface area contributed by atoms with Crippen LogP contribution in [0.3, 0.4) is 0 Å². The van der Waals surface area contributed by atoms with E-state index in [9.17, 15) is 9.59 Å². The molecule has 0 saturated heterocycles. The van der Waals surface area contributed by atoms with E-state index in [0.29, 0.717) is 17.8 Å². The number of primary amides is 1. The second kappa shape index (κ2) is 6.31. The Morgan fingerprint density at radius 2 is 1.83 bits per heavy atom. The topological polar surface area (TPSA) is 90.0 Å². The fourth-order valence-electron chi connectivity index (χ4n) is 2.43. The zero-order valence-electron chi connectivity index (χ0n) is 12.4. The van der Waals surface area contributed by atoms with Gasteiger partial charge in [-0.25, -0.2) is 4.98 Å². The fraction of sp³-hybridized carbons (Fsp3) is 0.118. The Morgan fingerprint density at radius 1 is 1.09 bits per heavy atom. The number of hydrogen-bond acceptors (Lipinski definition) is 3. The van der Waals surface area contributed by atoms with Gasteiger partial charge >= 0.3 is 0 Å². The molecule has 3 N–H and O–H groups in total. The number of para-hydroxylation sites is 3. The van der Waals surface area contributed by atoms with Crippen LogP contribution in [0.4, 0.5) is 5.69 Å². The highest BCUT2D eigenvalue weighted by atomic mass is 16.2. The third-order valence-corrected chi connectivity index (χ3v) is 3.57. The lowest BCUT2D eigenvalue weighted by molar-refractivity contribution is -0.116. The summed E-state index contributed by atoms with van der Waals surface area (Å²) in [4.78, 5) is 27.8. The fourth-order valence-corrected chi connectivity index (χ4v) is 2.43. The van der Waals surface area contributed by atoms with Crippen molar-refractivity contribution in [3.8, 4) is 0 Å². The molecule has 3 rings (SSSR count). The van der Waals surface area contributed by atoms with Crippen molar-refractivity contribution >= 4 is 28.5 Å². The summed E-state index contributed by atoms with van der Waals surface area (Å²) in [7, 11) is 0. The summed E-state index contributed by atoms with van der Waals surface area (Å²) in [6.07, 6.45) is 1.99. The van der Waals surface area contributed by atoms with Crippen LogP contribution in [-0.2, 0) is 11.3 Å². The van der Waals surface area contributed by atoms with Crippen molar-refractivity contribution in [2.24, 2.45) is 5.73 Å². The summed E-state index contributed by atoms with van der Waals surface area (Å²) in [5.41, 5.74) is 7.91. The Labute approximate surface area is 132 Å². The van der Waals surface area contributed by atoms with Gasteiger partial charge in [0.1, 0.15) is 0 Å². The maximum Gasteiger partial charge on any atom is 0.250 e. The number of anilines is 1. The van der Waals surface area contributed by atoms with Crippen LogP contribution in [0.25, 0.3) is 11.0 Å². The maximum absolute atomic E-state index is 12.1. The van der Waals surface area contributed by atoms with Crippen LogP contribution in [-0.4, -0.2) is 21.4 Å². The van der Waals surface area contributed by atoms with Gasteiger partial charge in [0.15, 0.2) is 0 Å². The van der Waals surface area contributed by atoms with Crippen molar-refractivity contribution in [2.75, 3.05) is 5.32 Å². The zero-order chi connectivity index (χ0) is 16.2. The number of nitrogens with one attached hydrogen (secondary N) is 1. The molecule has 0 unspecified atom stereocenters. The maximum atomic E-state index is 12.1. The summed E-state index contributed by atoms with van der Waals surface area (Å²) in [5.74, 6) is -0.752. The number of nitrogens with two attached hydrogens (primary N) is 1. The van der Waals surface area contributed by atoms with Crippen molar-refractivity contribution in [3.05, 3.63) is 60.4 Å². The number of hydrogen-bond donors (Lipinski definition) is 2. The molecule has 0 atom stereocenters. The Kier molecular flexibility index (Phi) is 4.05. The molecule has 6 heteroatoms. The Morgan fingerprint density at radius 3 is 2.65 bits per heavy atom. The normalized spacial score (nSPS) is 10.6. The van der Waals surface area contributed by atoms with Crippen LogP contribution < -0.4 is 11.1 Å². The van der Waals surface area contributed by atoms with Crippen LogP contribution in [0.2, 0.25) is 0 Å². The molecule has 3 aromatic rings. The molecule has 0 spiro atoms. The van der Waals surface area contributed by atoms with Crippen LogP contribution in [0, 0.1) is 0 Å². The van der Waals surface area contributed by atoms with Gasteiger partial charge in [-0.05, 0) is 24.3 Å². The van der Waals surface area contributed by atoms with Crippen molar-refractivity contribution in [3.63, 3.8) is 0 Å². The highest BCUT2D eigenvalue weighted by Crippen LogP contribution is 2.15. The van der Waals surface area contributed by atoms with E-state index >= 15 is 0 Å². The first kappa shape index (κ1) is 14.8. The summed E-state index contributed by atoms with van der Waals surface area (Å²) in [6, 6.07) is 14.4. The van der Waals surface area contributed by atoms with E-state index in [1.165, 1.54) is 0 Å². The minimum Gasteiger partial charge on any atom is -0.366 e. The zero-order valence-corrected chi connectivity index (χ0v) is 12.4. The second-order valence-electron chi connectivity index (χ2n) is 5.13. The van der Waals surface area contributed by atoms with Crippen molar-refractivity contribution in [2.45, 2.75) is 13.0 Å². The minimum absolute atomic E-state index is 0.184. The number of carbonyl (C=O) groups excluding carboxylic acids is 2. The van der Waals surface area contributed by atoms with Gasteiger partial charge in [-0.1, -0.05) is 24.3 Å². The van der Waals surface area contributed by atoms with E-state index < -0.39 is 5.91 Å². The molecule has 116 valence electrons. The van der Waals surface area contributed by atoms with E-state index in [4.69, 9.17) is 5.73 Å². The van der Waals surface area contributed by atoms with Gasteiger partial charge in [0, 0.05) is 13.0 Å². The summed E-state index contributed by atoms with van der Waals surface area (Å²) in [6.45, 7) is 0.505. The predicted octanol–water partition coefficient (Wildman–Crippen LogP) is 2.16. The SMILES string of the molecule is NC(=O)c1ccccc1NC(=O)CCn1cnc2ccccc21. The summed E-state index contributed by atoms with van der Waals surface area (Å²) in [5, 5.41) is 2.73. The molecule has 0 aliphatic rings. The smallest absolute Gasteiger partial charge is 0.250 e. The third kappa shape index (κ3) is 3.21. The molecule has 2 aromatic carbocycles. The number of fused-ring (bicyclic) bond motifs is 1. The van der Waals surface area contributed by atoms with Gasteiger partial charge in [-0.2, -0.15) is 0 Å². The summed E-state index contributed by atoms with van der Waals surface area (Å²) >= 11 is 0. The lowest BCUT2D eigenvalue weighted by atomic mass is 10.1. The van der Waals surface area contributed by atoms with Gasteiger partial charge in [0.25, 0.3) is 5.91 Å². The van der Waals surface area contributed by atoms with Crippen LogP contribution in [0.5, 0.6) is 0 Å². The Bertz CT molecular complexity index is 870. The molecule has 23 heavy (non-hydrogen) atoms. The molecule has 0 aliphatic carbocycles. The van der Waals surface area contributed by atoms with E-state index in [1.54, 1.807) is 30.6 Å². The first-order valence-corrected chi connectivity index (χ1v) is 7.24. The number of aromatic nitrogens is 2. The second-order valence-corrected chi connectivity index (χ2v) is 5.13. The molecule has 6 nitrogen and oxygen atoms in total. The van der Waals surface area contributed by atoms with Gasteiger partial charge in [-0.15, -0.1) is 0 Å². The van der Waals surface area contributed by atoms with Gasteiger partial charge in [-0.3, -0.25) is 9.59 Å². The Hall–Kier alpha value is -3.15. The van der Waals surface area contributed by atoms with Gasteiger partial charge < -0.3 is 15.6 Å². The quantitative estimate of drug-likeness (QED) is 0.757. The first-order chi connectivity index (χ1) is 11.1. The number of amides is 2. The van der Waals surface area contributed by atoms with E-state index in [1.807, 2.05) is 28.8 Å². The molecular formula is C17H16N4O2. The number of carbonyl (C=O) groups is 2. The van der Waals surface area contributed by atoms with E-state index in [-0.39, 0.29) is 12.3 Å². The third-order valence-electron chi connectivity index (χ3n) is 3.57. The van der Waals surface area contributed by atoms with Gasteiger partial charge in [0.05, 0.1) is 28.6 Å². The van der Waals surface area contributed by atoms with Crippen LogP contribution >= 0.6 is 0 Å². The molecule has 0 saturated carbocycles. The molecule has 0 bridgehead atoms. The molecule has 0 radical (unpaired) electrons. The number of rotatable bonds is 5. The van der Waals surface area contributed by atoms with E-state index in [0.717, 1.165) is 11.0 Å². The highest BCUT2D eigenvalue weighted by Gasteiger charge is 2.10. The van der Waals surface area contributed by atoms with Crippen molar-refractivity contribution in [1.29, 1.82) is 0 Å². The van der Waals surface area contributed by atoms with E-state index in [2.05, 4.69) is 10.3 Å². The lowest BCUT2D eigenvalue weighted by Crippen LogP contribution is -2.19. The largest absolute Gasteiger partial charge is 0.366 e. The average molecular weight is 308 g/mol. The minimum atomic E-state index is -0.568. The number of benzene rings is 2. The van der Waals surface area contributed by atoms with Crippen molar-refractivity contribution in [1.82, 2.24) is 9.55 Å². The Balaban J connectivity index is 1.68. The lowest BCUT2D eigenvalue weighted by Gasteiger charge is -2.09. The molecule has 0 aliphatic heterocycles. The van der Waals surface area contributed by atoms with Crippen LogP contribution in [0.15, 0.2) is 54.9 Å². The number of imidazole rings is 1. The van der Waals surface area contributed by atoms with Gasteiger partial charge in [0.2, 0.25) is 5.91 Å². The van der Waals surface area contributed by atoms with Crippen LogP contribution in [0.1, 0.15) is 16.8 Å². The number of nitrogens with zero attached hydrogens (tertiary/aromatic N) is 2. The molecule has 1 heterocycles. The standard InChI is InChI=1S/C17H16N4O2/c18-17(23)12-5-1-2-6-13(12)20-16(22)9-10-21-11-19-14-7-3-4-8-15(14)21/h1-8,11H,9-10H2,(H2,18,23)(H,20,22). The molecule has 1 aromatic heterocycles. The molecule has 2 amide bonds. The number of aryl methyl sites for hydroxylation is 1. The molecular weight excluding hydrogens is 292 g/mol.